The first-order valence-corrected chi connectivity index (χ1v) is 6.04. The number of carbonyl (C=O) groups excluding carboxylic acids is 1. The van der Waals surface area contributed by atoms with Gasteiger partial charge in [0, 0.05) is 25.3 Å². The average molecular weight is 233 g/mol. The third kappa shape index (κ3) is 2.77. The molecule has 0 radical (unpaired) electrons. The number of piperidine rings is 1. The molecule has 1 atom stereocenters. The maximum Gasteiger partial charge on any atom is 0.222 e. The van der Waals surface area contributed by atoms with Gasteiger partial charge in [0.05, 0.1) is 5.92 Å². The lowest BCUT2D eigenvalue weighted by molar-refractivity contribution is -0.122. The highest BCUT2D eigenvalue weighted by Gasteiger charge is 2.23. The zero-order valence-corrected chi connectivity index (χ0v) is 9.93. The summed E-state index contributed by atoms with van der Waals surface area (Å²) in [5, 5.41) is 0. The minimum atomic E-state index is -0.187. The number of carbonyl (C=O) groups is 1. The molecule has 17 heavy (non-hydrogen) atoms. The van der Waals surface area contributed by atoms with E-state index in [-0.39, 0.29) is 11.8 Å². The fraction of sp³-hybridized carbons (Fsp3) is 0.462. The van der Waals surface area contributed by atoms with Crippen molar-refractivity contribution in [2.45, 2.75) is 19.4 Å². The molecule has 4 nitrogen and oxygen atoms in total. The van der Waals surface area contributed by atoms with Gasteiger partial charge in [-0.1, -0.05) is 12.1 Å². The molecule has 0 aliphatic carbocycles. The van der Waals surface area contributed by atoms with E-state index in [2.05, 4.69) is 17.0 Å². The van der Waals surface area contributed by atoms with Gasteiger partial charge in [-0.3, -0.25) is 4.79 Å². The summed E-state index contributed by atoms with van der Waals surface area (Å²) in [4.78, 5) is 13.4. The van der Waals surface area contributed by atoms with Crippen molar-refractivity contribution in [2.24, 2.45) is 17.4 Å². The highest BCUT2D eigenvalue weighted by atomic mass is 16.1. The molecule has 1 amide bonds. The summed E-state index contributed by atoms with van der Waals surface area (Å²) in [6.45, 7) is 2.28. The van der Waals surface area contributed by atoms with Crippen molar-refractivity contribution in [3.63, 3.8) is 0 Å². The van der Waals surface area contributed by atoms with Crippen LogP contribution in [0.1, 0.15) is 18.4 Å². The lowest BCUT2D eigenvalue weighted by Crippen LogP contribution is -2.41. The monoisotopic (exact) mass is 233 g/mol. The smallest absolute Gasteiger partial charge is 0.222 e. The minimum absolute atomic E-state index is 0.0158. The van der Waals surface area contributed by atoms with Crippen molar-refractivity contribution >= 4 is 11.6 Å². The fourth-order valence-electron chi connectivity index (χ4n) is 2.29. The largest absolute Gasteiger partial charge is 0.371 e. The summed E-state index contributed by atoms with van der Waals surface area (Å²) in [5.41, 5.74) is 13.2. The van der Waals surface area contributed by atoms with Crippen LogP contribution in [0.25, 0.3) is 0 Å². The van der Waals surface area contributed by atoms with E-state index in [9.17, 15) is 4.79 Å². The molecule has 1 fully saturated rings. The number of amides is 1. The topological polar surface area (TPSA) is 72.3 Å². The van der Waals surface area contributed by atoms with Crippen molar-refractivity contribution < 1.29 is 4.79 Å². The summed E-state index contributed by atoms with van der Waals surface area (Å²) in [5.74, 6) is -0.203. The first-order chi connectivity index (χ1) is 8.20. The molecular weight excluding hydrogens is 214 g/mol. The molecule has 4 N–H and O–H groups in total. The molecule has 1 saturated heterocycles. The quantitative estimate of drug-likeness (QED) is 0.813. The number of nitrogens with zero attached hydrogens (tertiary/aromatic N) is 1. The molecule has 1 aromatic rings. The Kier molecular flexibility index (Phi) is 3.64. The summed E-state index contributed by atoms with van der Waals surface area (Å²) >= 11 is 0. The first kappa shape index (κ1) is 11.9. The second-order valence-electron chi connectivity index (χ2n) is 4.56. The van der Waals surface area contributed by atoms with Crippen LogP contribution in [-0.2, 0) is 11.3 Å². The molecule has 1 aliphatic rings. The van der Waals surface area contributed by atoms with Gasteiger partial charge in [-0.25, -0.2) is 0 Å². The predicted molar refractivity (Wildman–Crippen MR) is 68.5 cm³/mol. The zero-order valence-electron chi connectivity index (χ0n) is 9.93. The van der Waals surface area contributed by atoms with Gasteiger partial charge in [-0.05, 0) is 30.5 Å². The van der Waals surface area contributed by atoms with E-state index >= 15 is 0 Å². The molecule has 1 heterocycles. The first-order valence-electron chi connectivity index (χ1n) is 6.04. The van der Waals surface area contributed by atoms with Crippen LogP contribution in [0.2, 0.25) is 0 Å². The van der Waals surface area contributed by atoms with E-state index in [0.29, 0.717) is 6.54 Å². The minimum Gasteiger partial charge on any atom is -0.371 e. The molecule has 4 heteroatoms. The van der Waals surface area contributed by atoms with Crippen molar-refractivity contribution in [3.05, 3.63) is 29.8 Å². The molecule has 0 saturated carbocycles. The maximum atomic E-state index is 11.2. The Labute approximate surface area is 102 Å². The van der Waals surface area contributed by atoms with Gasteiger partial charge in [0.1, 0.15) is 0 Å². The van der Waals surface area contributed by atoms with Crippen molar-refractivity contribution in [3.8, 4) is 0 Å². The Balaban J connectivity index is 2.08. The van der Waals surface area contributed by atoms with E-state index in [4.69, 9.17) is 11.5 Å². The summed E-state index contributed by atoms with van der Waals surface area (Å²) in [6.07, 6.45) is 1.93. The van der Waals surface area contributed by atoms with Crippen LogP contribution in [0, 0.1) is 5.92 Å². The number of anilines is 1. The summed E-state index contributed by atoms with van der Waals surface area (Å²) in [7, 11) is 0. The van der Waals surface area contributed by atoms with Crippen LogP contribution < -0.4 is 16.4 Å². The van der Waals surface area contributed by atoms with Crippen LogP contribution in [0.5, 0.6) is 0 Å². The number of nitrogens with two attached hydrogens (primary N) is 2. The molecular formula is C13H19N3O. The van der Waals surface area contributed by atoms with Crippen molar-refractivity contribution in [2.75, 3.05) is 18.0 Å². The zero-order chi connectivity index (χ0) is 12.3. The standard InChI is InChI=1S/C13H19N3O/c14-8-10-3-5-12(6-4-10)16-7-1-2-11(9-16)13(15)17/h3-6,11H,1-2,7-9,14H2,(H2,15,17)/t11-/m1/s1. The molecule has 0 bridgehead atoms. The Morgan fingerprint density at radius 3 is 2.65 bits per heavy atom. The summed E-state index contributed by atoms with van der Waals surface area (Å²) < 4.78 is 0. The van der Waals surface area contributed by atoms with E-state index < -0.39 is 0 Å². The molecule has 0 unspecified atom stereocenters. The predicted octanol–water partition coefficient (Wildman–Crippen LogP) is 0.847. The van der Waals surface area contributed by atoms with E-state index in [1.54, 1.807) is 0 Å². The van der Waals surface area contributed by atoms with Crippen LogP contribution in [0.15, 0.2) is 24.3 Å². The SMILES string of the molecule is NCc1ccc(N2CCC[C@@H](C(N)=O)C2)cc1. The van der Waals surface area contributed by atoms with Crippen LogP contribution in [0.3, 0.4) is 0 Å². The van der Waals surface area contributed by atoms with Crippen LogP contribution >= 0.6 is 0 Å². The van der Waals surface area contributed by atoms with Crippen LogP contribution in [0.4, 0.5) is 5.69 Å². The normalized spacial score (nSPS) is 20.3. The van der Waals surface area contributed by atoms with Gasteiger partial charge in [0.25, 0.3) is 0 Å². The van der Waals surface area contributed by atoms with Gasteiger partial charge in [-0.2, -0.15) is 0 Å². The van der Waals surface area contributed by atoms with Gasteiger partial charge >= 0.3 is 0 Å². The van der Waals surface area contributed by atoms with E-state index in [1.165, 1.54) is 0 Å². The number of benzene rings is 1. The van der Waals surface area contributed by atoms with Gasteiger partial charge in [-0.15, -0.1) is 0 Å². The molecule has 0 aromatic heterocycles. The lowest BCUT2D eigenvalue weighted by atomic mass is 9.97. The third-order valence-electron chi connectivity index (χ3n) is 3.36. The Morgan fingerprint density at radius 2 is 2.06 bits per heavy atom. The molecule has 92 valence electrons. The third-order valence-corrected chi connectivity index (χ3v) is 3.36. The lowest BCUT2D eigenvalue weighted by Gasteiger charge is -2.33. The highest BCUT2D eigenvalue weighted by molar-refractivity contribution is 5.77. The maximum absolute atomic E-state index is 11.2. The number of primary amides is 1. The number of hydrogen-bond donors (Lipinski definition) is 2. The second-order valence-corrected chi connectivity index (χ2v) is 4.56. The second kappa shape index (κ2) is 5.19. The summed E-state index contributed by atoms with van der Waals surface area (Å²) in [6, 6.07) is 8.18. The van der Waals surface area contributed by atoms with Gasteiger partial charge in [0.15, 0.2) is 0 Å². The van der Waals surface area contributed by atoms with Gasteiger partial charge < -0.3 is 16.4 Å². The highest BCUT2D eigenvalue weighted by Crippen LogP contribution is 2.23. The van der Waals surface area contributed by atoms with E-state index in [1.807, 2.05) is 12.1 Å². The van der Waals surface area contributed by atoms with Crippen LogP contribution in [-0.4, -0.2) is 19.0 Å². The molecule has 1 aromatic carbocycles. The Hall–Kier alpha value is -1.55. The fourth-order valence-corrected chi connectivity index (χ4v) is 2.29. The van der Waals surface area contributed by atoms with E-state index in [0.717, 1.165) is 37.2 Å². The molecule has 2 rings (SSSR count). The average Bonchev–Trinajstić information content (AvgIpc) is 2.39. The number of hydrogen-bond acceptors (Lipinski definition) is 3. The number of rotatable bonds is 3. The van der Waals surface area contributed by atoms with Crippen molar-refractivity contribution in [1.82, 2.24) is 0 Å². The molecule has 0 spiro atoms. The Morgan fingerprint density at radius 1 is 1.35 bits per heavy atom. The van der Waals surface area contributed by atoms with Crippen molar-refractivity contribution in [1.29, 1.82) is 0 Å². The molecule has 1 aliphatic heterocycles. The van der Waals surface area contributed by atoms with Gasteiger partial charge in [0.2, 0.25) is 5.91 Å². The Bertz CT molecular complexity index is 388.